The van der Waals surface area contributed by atoms with Gasteiger partial charge in [0.05, 0.1) is 136 Å². The van der Waals surface area contributed by atoms with Gasteiger partial charge in [0.25, 0.3) is 41.4 Å². The molecule has 0 saturated carbocycles. The fourth-order valence-electron chi connectivity index (χ4n) is 10.3. The number of imidazole rings is 4. The van der Waals surface area contributed by atoms with Crippen molar-refractivity contribution in [2.75, 3.05) is 190 Å². The number of hydrogen-bond acceptors (Lipinski definition) is 25. The standard InChI is InChI=1S/C70H100N22O21/c1-9-104-22-23-106-26-27-108-30-31-110-34-35-112-37-36-111-33-32-109-29-28-107-25-24-105-20-17-71-56(93)10-13-74-66(99)60-82-54(45-90(60)6)84-65(98)52-38-47(41-89(52)5)77-57(94)11-15-75-67(100)61-83-55(46-91(61)7)85-70(103)113-21-18-76-64(97)51-40-49(43-88(51)4)79-69(102)62-81-53(44-92(62)8)80-58(95)12-14-73-63(96)50-39-48(42-87(50)3)78-68(101)59-72-16-19-86(59)2/h16,19,38-46H,9-15,17-18,20-37H2,1-8H3,(H,71,93)(H,73,96)(H,74,99)(H,75,100)(H,76,97)(H,77,94)(H,78,101)(H,79,102)(H,80,95)(H,84,98)(H,85,103). The van der Waals surface area contributed by atoms with Crippen LogP contribution in [-0.2, 0) is 111 Å². The van der Waals surface area contributed by atoms with Gasteiger partial charge < -0.3 is 133 Å². The highest BCUT2D eigenvalue weighted by atomic mass is 16.6. The highest BCUT2D eigenvalue weighted by Gasteiger charge is 2.24. The van der Waals surface area contributed by atoms with Gasteiger partial charge in [0.15, 0.2) is 23.3 Å². The number of rotatable bonds is 53. The predicted octanol–water partition coefficient (Wildman–Crippen LogP) is 0.294. The molecule has 43 nitrogen and oxygen atoms in total. The zero-order chi connectivity index (χ0) is 81.4. The van der Waals surface area contributed by atoms with Crippen molar-refractivity contribution in [1.29, 1.82) is 0 Å². The molecule has 0 aliphatic heterocycles. The van der Waals surface area contributed by atoms with Crippen LogP contribution in [0.1, 0.15) is 100 Å². The number of nitrogens with zero attached hydrogens (tertiary/aromatic N) is 11. The van der Waals surface area contributed by atoms with Gasteiger partial charge in [0.2, 0.25) is 35.2 Å². The third-order valence-electron chi connectivity index (χ3n) is 15.8. The fraction of sp³-hybridized carbons (Fsp3) is 0.500. The molecule has 0 spiro atoms. The third-order valence-corrected chi connectivity index (χ3v) is 15.8. The minimum Gasteiger partial charge on any atom is -0.447 e. The monoisotopic (exact) mass is 1580 g/mol. The van der Waals surface area contributed by atoms with Crippen LogP contribution in [-0.4, -0.2) is 275 Å². The molecule has 0 aliphatic rings. The summed E-state index contributed by atoms with van der Waals surface area (Å²) in [6.07, 6.45) is 10.6. The molecule has 0 atom stereocenters. The molecule has 7 heterocycles. The lowest BCUT2D eigenvalue weighted by atomic mass is 10.3. The molecule has 7 aromatic rings. The first-order chi connectivity index (χ1) is 54.5. The van der Waals surface area contributed by atoms with Crippen LogP contribution in [0, 0.1) is 0 Å². The number of aryl methyl sites for hydroxylation is 7. The molecule has 0 unspecified atom stereocenters. The second-order valence-corrected chi connectivity index (χ2v) is 24.7. The highest BCUT2D eigenvalue weighted by Crippen LogP contribution is 2.19. The highest BCUT2D eigenvalue weighted by molar-refractivity contribution is 6.06. The zero-order valence-electron chi connectivity index (χ0n) is 64.4. The Kier molecular flexibility index (Phi) is 37.2. The third kappa shape index (κ3) is 30.8. The van der Waals surface area contributed by atoms with Gasteiger partial charge >= 0.3 is 6.09 Å². The van der Waals surface area contributed by atoms with E-state index in [1.165, 1.54) is 89.8 Å². The summed E-state index contributed by atoms with van der Waals surface area (Å²) in [4.78, 5) is 159. The van der Waals surface area contributed by atoms with Crippen LogP contribution in [0.5, 0.6) is 0 Å². The van der Waals surface area contributed by atoms with Gasteiger partial charge in [-0.2, -0.15) is 0 Å². The molecule has 43 heteroatoms. The fourth-order valence-corrected chi connectivity index (χ4v) is 10.3. The maximum Gasteiger partial charge on any atom is 0.412 e. The molecule has 11 N–H and O–H groups in total. The van der Waals surface area contributed by atoms with E-state index in [4.69, 9.17) is 47.4 Å². The number of hydrogen-bond donors (Lipinski definition) is 11. The van der Waals surface area contributed by atoms with E-state index < -0.39 is 59.3 Å². The second-order valence-electron chi connectivity index (χ2n) is 24.7. The normalized spacial score (nSPS) is 11.1. The van der Waals surface area contributed by atoms with Crippen molar-refractivity contribution in [3.05, 3.63) is 108 Å². The van der Waals surface area contributed by atoms with Gasteiger partial charge in [0.1, 0.15) is 23.7 Å². The van der Waals surface area contributed by atoms with Crippen molar-refractivity contribution in [1.82, 2.24) is 78.5 Å². The van der Waals surface area contributed by atoms with E-state index in [1.54, 1.807) is 59.2 Å². The Morgan fingerprint density at radius 1 is 0.310 bits per heavy atom. The Bertz CT molecular complexity index is 4280. The van der Waals surface area contributed by atoms with Gasteiger partial charge in [-0.15, -0.1) is 0 Å². The number of aromatic nitrogens is 11. The van der Waals surface area contributed by atoms with Crippen LogP contribution in [0.3, 0.4) is 0 Å². The average Bonchev–Trinajstić information content (AvgIpc) is 1.66. The molecule has 0 aliphatic carbocycles. The summed E-state index contributed by atoms with van der Waals surface area (Å²) in [5.74, 6) is -5.24. The average molecular weight is 1590 g/mol. The Hall–Kier alpha value is -11.7. The number of anilines is 6. The van der Waals surface area contributed by atoms with Gasteiger partial charge in [-0.3, -0.25) is 53.3 Å². The van der Waals surface area contributed by atoms with Gasteiger partial charge in [0, 0.05) is 151 Å². The first kappa shape index (κ1) is 88.5. The second kappa shape index (κ2) is 47.5. The van der Waals surface area contributed by atoms with E-state index in [0.717, 1.165) is 0 Å². The Morgan fingerprint density at radius 2 is 0.655 bits per heavy atom. The van der Waals surface area contributed by atoms with Crippen LogP contribution in [0.2, 0.25) is 0 Å². The maximum absolute atomic E-state index is 13.3. The number of ether oxygens (including phenoxy) is 10. The largest absolute Gasteiger partial charge is 0.447 e. The van der Waals surface area contributed by atoms with E-state index in [9.17, 15) is 52.7 Å². The smallest absolute Gasteiger partial charge is 0.412 e. The van der Waals surface area contributed by atoms with Crippen LogP contribution in [0.25, 0.3) is 0 Å². The minimum atomic E-state index is -0.944. The van der Waals surface area contributed by atoms with E-state index in [0.29, 0.717) is 118 Å². The summed E-state index contributed by atoms with van der Waals surface area (Å²) in [7, 11) is 11.1. The van der Waals surface area contributed by atoms with Crippen LogP contribution >= 0.6 is 0 Å². The molecular formula is C70H100N22O21. The van der Waals surface area contributed by atoms with E-state index in [-0.39, 0.29) is 140 Å². The zero-order valence-corrected chi connectivity index (χ0v) is 64.4. The first-order valence-corrected chi connectivity index (χ1v) is 36.1. The molecule has 7 aromatic heterocycles. The van der Waals surface area contributed by atoms with Gasteiger partial charge in [-0.1, -0.05) is 0 Å². The quantitative estimate of drug-likeness (QED) is 0.0228. The molecule has 0 aromatic carbocycles. The molecule has 11 amide bonds. The lowest BCUT2D eigenvalue weighted by Gasteiger charge is -2.09. The number of nitrogens with one attached hydrogen (secondary N) is 11. The summed E-state index contributed by atoms with van der Waals surface area (Å²) < 4.78 is 64.3. The van der Waals surface area contributed by atoms with Gasteiger partial charge in [-0.05, 0) is 25.1 Å². The summed E-state index contributed by atoms with van der Waals surface area (Å²) in [6, 6.07) is 4.33. The first-order valence-electron chi connectivity index (χ1n) is 36.1. The lowest BCUT2D eigenvalue weighted by Crippen LogP contribution is -2.33. The van der Waals surface area contributed by atoms with Crippen molar-refractivity contribution >= 4 is 99.7 Å². The number of carbonyl (C=O) groups is 11. The van der Waals surface area contributed by atoms with Crippen molar-refractivity contribution in [2.45, 2.75) is 26.2 Å². The number of amides is 11. The molecule has 0 radical (unpaired) electrons. The number of carbonyl (C=O) groups excluding carboxylic acids is 11. The van der Waals surface area contributed by atoms with Crippen LogP contribution in [0.4, 0.5) is 39.3 Å². The minimum absolute atomic E-state index is 0.0110. The lowest BCUT2D eigenvalue weighted by molar-refractivity contribution is -0.121. The van der Waals surface area contributed by atoms with Crippen molar-refractivity contribution in [3.8, 4) is 0 Å². The molecule has 0 bridgehead atoms. The maximum atomic E-state index is 13.3. The van der Waals surface area contributed by atoms with E-state index >= 15 is 0 Å². The van der Waals surface area contributed by atoms with Gasteiger partial charge in [-0.25, -0.2) is 24.7 Å². The van der Waals surface area contributed by atoms with Crippen molar-refractivity contribution < 1.29 is 100 Å². The Labute approximate surface area is 649 Å². The molecule has 616 valence electrons. The summed E-state index contributed by atoms with van der Waals surface area (Å²) >= 11 is 0. The predicted molar refractivity (Wildman–Crippen MR) is 404 cm³/mol. The van der Waals surface area contributed by atoms with Crippen LogP contribution in [0.15, 0.2) is 67.8 Å². The summed E-state index contributed by atoms with van der Waals surface area (Å²) in [5, 5.41) is 28.9. The van der Waals surface area contributed by atoms with Crippen molar-refractivity contribution in [2.24, 2.45) is 49.3 Å². The van der Waals surface area contributed by atoms with E-state index in [2.05, 4.69) is 78.4 Å². The molecule has 0 saturated heterocycles. The van der Waals surface area contributed by atoms with E-state index in [1.807, 2.05) is 6.92 Å². The Balaban J connectivity index is 0.679. The summed E-state index contributed by atoms with van der Waals surface area (Å²) in [6.45, 7) is 9.82. The molecule has 7 rings (SSSR count). The van der Waals surface area contributed by atoms with Crippen LogP contribution < -0.4 is 58.5 Å². The molecular weight excluding hydrogens is 1480 g/mol. The molecule has 113 heavy (non-hydrogen) atoms. The SMILES string of the molecule is CCOCCOCCOCCOCCOCCOCCOCCOCCOCCNC(=O)CCNC(=O)c1nc(NC(=O)c2cc(NC(=O)CCNC(=O)c3nc(NC(=O)OCCNC(=O)c4cc(NC(=O)c5nc(NC(=O)CCNC(=O)c6cc(NC(=O)c7nccn7C)cn6C)cn5C)cn4C)cn3C)cn2C)cn1C. The molecule has 0 fully saturated rings. The Morgan fingerprint density at radius 3 is 1.09 bits per heavy atom. The summed E-state index contributed by atoms with van der Waals surface area (Å²) in [5.41, 5.74) is 1.40. The topological polar surface area (TPSA) is 498 Å². The van der Waals surface area contributed by atoms with Crippen molar-refractivity contribution in [3.63, 3.8) is 0 Å².